The standard InChI is InChI=1S/C14H22N2O.ClH/c1-10-6-5-7-13(11(10)2)12(3)16-14(17)8-9-15-4;/h5-7,12,15H,8-9H2,1-4H3,(H,16,17);1H. The fourth-order valence-electron chi connectivity index (χ4n) is 1.87. The second-order valence-electron chi connectivity index (χ2n) is 4.43. The first-order valence-corrected chi connectivity index (χ1v) is 6.06. The first-order valence-electron chi connectivity index (χ1n) is 6.06. The molecule has 18 heavy (non-hydrogen) atoms. The third-order valence-corrected chi connectivity index (χ3v) is 3.09. The number of halogens is 1. The lowest BCUT2D eigenvalue weighted by Crippen LogP contribution is -2.29. The van der Waals surface area contributed by atoms with E-state index < -0.39 is 0 Å². The van der Waals surface area contributed by atoms with E-state index in [2.05, 4.69) is 36.6 Å². The Bertz CT molecular complexity index is 393. The van der Waals surface area contributed by atoms with Crippen LogP contribution in [-0.4, -0.2) is 19.5 Å². The molecule has 0 aliphatic heterocycles. The van der Waals surface area contributed by atoms with E-state index in [9.17, 15) is 4.79 Å². The molecule has 0 spiro atoms. The zero-order chi connectivity index (χ0) is 12.8. The number of amides is 1. The lowest BCUT2D eigenvalue weighted by Gasteiger charge is -2.17. The maximum atomic E-state index is 11.6. The topological polar surface area (TPSA) is 41.1 Å². The third-order valence-electron chi connectivity index (χ3n) is 3.09. The van der Waals surface area contributed by atoms with Gasteiger partial charge in [0.2, 0.25) is 5.91 Å². The summed E-state index contributed by atoms with van der Waals surface area (Å²) in [4.78, 5) is 11.6. The van der Waals surface area contributed by atoms with Crippen molar-refractivity contribution in [1.82, 2.24) is 10.6 Å². The van der Waals surface area contributed by atoms with Crippen LogP contribution in [0.3, 0.4) is 0 Å². The van der Waals surface area contributed by atoms with Gasteiger partial charge in [-0.3, -0.25) is 4.79 Å². The minimum atomic E-state index is 0. The highest BCUT2D eigenvalue weighted by atomic mass is 35.5. The van der Waals surface area contributed by atoms with Crippen LogP contribution in [0.15, 0.2) is 18.2 Å². The number of nitrogens with one attached hydrogen (secondary N) is 2. The Morgan fingerprint density at radius 3 is 2.61 bits per heavy atom. The first-order chi connectivity index (χ1) is 8.06. The van der Waals surface area contributed by atoms with Gasteiger partial charge in [0, 0.05) is 13.0 Å². The molecule has 1 unspecified atom stereocenters. The van der Waals surface area contributed by atoms with Gasteiger partial charge in [0.25, 0.3) is 0 Å². The van der Waals surface area contributed by atoms with Gasteiger partial charge in [0.15, 0.2) is 0 Å². The molecule has 0 bridgehead atoms. The van der Waals surface area contributed by atoms with Crippen LogP contribution >= 0.6 is 12.4 Å². The molecule has 0 saturated heterocycles. The Morgan fingerprint density at radius 1 is 1.33 bits per heavy atom. The zero-order valence-corrected chi connectivity index (χ0v) is 12.4. The Kier molecular flexibility index (Phi) is 7.64. The smallest absolute Gasteiger partial charge is 0.221 e. The van der Waals surface area contributed by atoms with E-state index in [4.69, 9.17) is 0 Å². The van der Waals surface area contributed by atoms with Crippen LogP contribution in [0.5, 0.6) is 0 Å². The molecule has 0 radical (unpaired) electrons. The van der Waals surface area contributed by atoms with Crippen molar-refractivity contribution in [2.45, 2.75) is 33.2 Å². The van der Waals surface area contributed by atoms with Gasteiger partial charge in [0.05, 0.1) is 6.04 Å². The van der Waals surface area contributed by atoms with E-state index in [1.165, 1.54) is 16.7 Å². The van der Waals surface area contributed by atoms with Crippen LogP contribution in [0.4, 0.5) is 0 Å². The Hall–Kier alpha value is -1.06. The maximum Gasteiger partial charge on any atom is 0.221 e. The van der Waals surface area contributed by atoms with Crippen LogP contribution in [0, 0.1) is 13.8 Å². The lowest BCUT2D eigenvalue weighted by molar-refractivity contribution is -0.121. The Balaban J connectivity index is 0.00000289. The molecule has 1 rings (SSSR count). The summed E-state index contributed by atoms with van der Waals surface area (Å²) >= 11 is 0. The fraction of sp³-hybridized carbons (Fsp3) is 0.500. The number of benzene rings is 1. The van der Waals surface area contributed by atoms with Crippen molar-refractivity contribution in [2.75, 3.05) is 13.6 Å². The minimum absolute atomic E-state index is 0. The molecule has 1 amide bonds. The van der Waals surface area contributed by atoms with Gasteiger partial charge in [-0.2, -0.15) is 0 Å². The van der Waals surface area contributed by atoms with Gasteiger partial charge in [-0.05, 0) is 44.5 Å². The van der Waals surface area contributed by atoms with E-state index in [-0.39, 0.29) is 24.4 Å². The van der Waals surface area contributed by atoms with E-state index in [0.29, 0.717) is 13.0 Å². The third kappa shape index (κ3) is 4.67. The van der Waals surface area contributed by atoms with E-state index in [1.54, 1.807) is 0 Å². The van der Waals surface area contributed by atoms with Crippen molar-refractivity contribution < 1.29 is 4.79 Å². The van der Waals surface area contributed by atoms with Crippen molar-refractivity contribution >= 4 is 18.3 Å². The van der Waals surface area contributed by atoms with Crippen LogP contribution in [0.2, 0.25) is 0 Å². The summed E-state index contributed by atoms with van der Waals surface area (Å²) < 4.78 is 0. The van der Waals surface area contributed by atoms with Crippen molar-refractivity contribution in [3.63, 3.8) is 0 Å². The first kappa shape index (κ1) is 16.9. The van der Waals surface area contributed by atoms with E-state index in [1.807, 2.05) is 20.0 Å². The molecule has 3 nitrogen and oxygen atoms in total. The number of hydrogen-bond acceptors (Lipinski definition) is 2. The molecule has 0 aliphatic rings. The highest BCUT2D eigenvalue weighted by Gasteiger charge is 2.11. The Labute approximate surface area is 116 Å². The molecular weight excluding hydrogens is 248 g/mol. The highest BCUT2D eigenvalue weighted by molar-refractivity contribution is 5.85. The SMILES string of the molecule is CNCCC(=O)NC(C)c1cccc(C)c1C.Cl. The molecule has 102 valence electrons. The molecular formula is C14H23ClN2O. The van der Waals surface area contributed by atoms with Crippen molar-refractivity contribution in [3.05, 3.63) is 34.9 Å². The van der Waals surface area contributed by atoms with Gasteiger partial charge >= 0.3 is 0 Å². The molecule has 1 aromatic rings. The molecule has 0 saturated carbocycles. The van der Waals surface area contributed by atoms with Crippen LogP contribution in [0.25, 0.3) is 0 Å². The minimum Gasteiger partial charge on any atom is -0.350 e. The zero-order valence-electron chi connectivity index (χ0n) is 11.5. The average molecular weight is 271 g/mol. The van der Waals surface area contributed by atoms with Gasteiger partial charge in [-0.15, -0.1) is 12.4 Å². The second-order valence-corrected chi connectivity index (χ2v) is 4.43. The molecule has 0 fully saturated rings. The largest absolute Gasteiger partial charge is 0.350 e. The monoisotopic (exact) mass is 270 g/mol. The predicted molar refractivity (Wildman–Crippen MR) is 78.3 cm³/mol. The fourth-order valence-corrected chi connectivity index (χ4v) is 1.87. The second kappa shape index (κ2) is 8.11. The summed E-state index contributed by atoms with van der Waals surface area (Å²) in [5.41, 5.74) is 3.72. The number of carbonyl (C=O) groups excluding carboxylic acids is 1. The van der Waals surface area contributed by atoms with Crippen molar-refractivity contribution in [1.29, 1.82) is 0 Å². The number of carbonyl (C=O) groups is 1. The predicted octanol–water partition coefficient (Wildman–Crippen LogP) is 2.51. The molecule has 1 atom stereocenters. The summed E-state index contributed by atoms with van der Waals surface area (Å²) in [6.45, 7) is 6.93. The van der Waals surface area contributed by atoms with E-state index >= 15 is 0 Å². The quantitative estimate of drug-likeness (QED) is 0.863. The molecule has 0 aromatic heterocycles. The van der Waals surface area contributed by atoms with Crippen LogP contribution in [0.1, 0.15) is 36.1 Å². The average Bonchev–Trinajstić information content (AvgIpc) is 2.29. The summed E-state index contributed by atoms with van der Waals surface area (Å²) in [7, 11) is 1.85. The van der Waals surface area contributed by atoms with Crippen LogP contribution in [-0.2, 0) is 4.79 Å². The van der Waals surface area contributed by atoms with Crippen molar-refractivity contribution in [3.8, 4) is 0 Å². The highest BCUT2D eigenvalue weighted by Crippen LogP contribution is 2.19. The number of hydrogen-bond donors (Lipinski definition) is 2. The lowest BCUT2D eigenvalue weighted by atomic mass is 9.98. The number of rotatable bonds is 5. The summed E-state index contributed by atoms with van der Waals surface area (Å²) in [5, 5.41) is 5.99. The molecule has 0 heterocycles. The van der Waals surface area contributed by atoms with E-state index in [0.717, 1.165) is 0 Å². The molecule has 1 aromatic carbocycles. The van der Waals surface area contributed by atoms with Crippen molar-refractivity contribution in [2.24, 2.45) is 0 Å². The summed E-state index contributed by atoms with van der Waals surface area (Å²) in [6, 6.07) is 6.27. The van der Waals surface area contributed by atoms with Gasteiger partial charge in [-0.1, -0.05) is 18.2 Å². The summed E-state index contributed by atoms with van der Waals surface area (Å²) in [6.07, 6.45) is 0.520. The number of aryl methyl sites for hydroxylation is 1. The van der Waals surface area contributed by atoms with Gasteiger partial charge in [0.1, 0.15) is 0 Å². The normalized spacial score (nSPS) is 11.6. The molecule has 4 heteroatoms. The van der Waals surface area contributed by atoms with Gasteiger partial charge < -0.3 is 10.6 Å². The summed E-state index contributed by atoms with van der Waals surface area (Å²) in [5.74, 6) is 0.0905. The molecule has 2 N–H and O–H groups in total. The Morgan fingerprint density at radius 2 is 2.00 bits per heavy atom. The van der Waals surface area contributed by atoms with Gasteiger partial charge in [-0.25, -0.2) is 0 Å². The molecule has 0 aliphatic carbocycles. The van der Waals surface area contributed by atoms with Crippen LogP contribution < -0.4 is 10.6 Å². The maximum absolute atomic E-state index is 11.6.